The summed E-state index contributed by atoms with van der Waals surface area (Å²) in [6.45, 7) is 7.23. The van der Waals surface area contributed by atoms with Crippen molar-refractivity contribution in [2.45, 2.75) is 59.0 Å². The first-order valence-corrected chi connectivity index (χ1v) is 7.38. The summed E-state index contributed by atoms with van der Waals surface area (Å²) in [5.74, 6) is 1.48. The van der Waals surface area contributed by atoms with Crippen LogP contribution in [0.25, 0.3) is 0 Å². The van der Waals surface area contributed by atoms with Crippen LogP contribution >= 0.6 is 11.6 Å². The third-order valence-corrected chi connectivity index (χ3v) is 4.71. The SMILES string of the molecule is CCn1nc(C)c(Cl)c1CC(N)C1CCC(C)C1. The molecule has 0 bridgehead atoms. The van der Waals surface area contributed by atoms with Gasteiger partial charge in [-0.1, -0.05) is 24.9 Å². The van der Waals surface area contributed by atoms with Crippen molar-refractivity contribution in [3.63, 3.8) is 0 Å². The van der Waals surface area contributed by atoms with Crippen LogP contribution in [-0.4, -0.2) is 15.8 Å². The lowest BCUT2D eigenvalue weighted by Crippen LogP contribution is -2.32. The van der Waals surface area contributed by atoms with Gasteiger partial charge in [0.15, 0.2) is 0 Å². The van der Waals surface area contributed by atoms with Gasteiger partial charge in [0.05, 0.1) is 16.4 Å². The Morgan fingerprint density at radius 1 is 1.50 bits per heavy atom. The second-order valence-electron chi connectivity index (χ2n) is 5.71. The molecule has 1 aliphatic carbocycles. The zero-order valence-electron chi connectivity index (χ0n) is 11.6. The number of nitrogens with two attached hydrogens (primary N) is 1. The lowest BCUT2D eigenvalue weighted by molar-refractivity contribution is 0.406. The van der Waals surface area contributed by atoms with E-state index in [0.717, 1.165) is 35.3 Å². The Morgan fingerprint density at radius 2 is 2.22 bits per heavy atom. The van der Waals surface area contributed by atoms with E-state index >= 15 is 0 Å². The third kappa shape index (κ3) is 2.72. The van der Waals surface area contributed by atoms with E-state index in [1.54, 1.807) is 0 Å². The highest BCUT2D eigenvalue weighted by Crippen LogP contribution is 2.33. The summed E-state index contributed by atoms with van der Waals surface area (Å²) in [6.07, 6.45) is 4.69. The molecule has 0 amide bonds. The fourth-order valence-electron chi connectivity index (χ4n) is 3.09. The van der Waals surface area contributed by atoms with Crippen LogP contribution in [0.2, 0.25) is 5.02 Å². The normalized spacial score (nSPS) is 25.6. The first-order chi connectivity index (χ1) is 8.52. The van der Waals surface area contributed by atoms with Gasteiger partial charge < -0.3 is 5.73 Å². The lowest BCUT2D eigenvalue weighted by atomic mass is 9.94. The molecular formula is C14H24ClN3. The van der Waals surface area contributed by atoms with Gasteiger partial charge in [-0.15, -0.1) is 0 Å². The van der Waals surface area contributed by atoms with E-state index < -0.39 is 0 Å². The van der Waals surface area contributed by atoms with E-state index in [-0.39, 0.29) is 6.04 Å². The zero-order valence-corrected chi connectivity index (χ0v) is 12.4. The van der Waals surface area contributed by atoms with Crippen molar-refractivity contribution >= 4 is 11.6 Å². The Morgan fingerprint density at radius 3 is 2.78 bits per heavy atom. The second kappa shape index (κ2) is 5.62. The van der Waals surface area contributed by atoms with Crippen LogP contribution in [0.1, 0.15) is 44.5 Å². The van der Waals surface area contributed by atoms with Gasteiger partial charge in [0.25, 0.3) is 0 Å². The quantitative estimate of drug-likeness (QED) is 0.912. The number of nitrogens with zero attached hydrogens (tertiary/aromatic N) is 2. The van der Waals surface area contributed by atoms with Gasteiger partial charge in [0, 0.05) is 19.0 Å². The molecule has 3 atom stereocenters. The minimum absolute atomic E-state index is 0.217. The number of hydrogen-bond acceptors (Lipinski definition) is 2. The van der Waals surface area contributed by atoms with Crippen LogP contribution < -0.4 is 5.73 Å². The first-order valence-electron chi connectivity index (χ1n) is 7.00. The van der Waals surface area contributed by atoms with Crippen molar-refractivity contribution in [1.82, 2.24) is 9.78 Å². The third-order valence-electron chi connectivity index (χ3n) is 4.22. The molecule has 1 aliphatic rings. The first kappa shape index (κ1) is 13.9. The van der Waals surface area contributed by atoms with Crippen molar-refractivity contribution in [1.29, 1.82) is 0 Å². The summed E-state index contributed by atoms with van der Waals surface area (Å²) in [7, 11) is 0. The average molecular weight is 270 g/mol. The minimum atomic E-state index is 0.217. The number of rotatable bonds is 4. The largest absolute Gasteiger partial charge is 0.327 e. The Balaban J connectivity index is 2.09. The molecule has 0 radical (unpaired) electrons. The minimum Gasteiger partial charge on any atom is -0.327 e. The fraction of sp³-hybridized carbons (Fsp3) is 0.786. The van der Waals surface area contributed by atoms with Crippen molar-refractivity contribution in [3.8, 4) is 0 Å². The molecule has 18 heavy (non-hydrogen) atoms. The van der Waals surface area contributed by atoms with Crippen LogP contribution in [-0.2, 0) is 13.0 Å². The van der Waals surface area contributed by atoms with Crippen molar-refractivity contribution < 1.29 is 0 Å². The fourth-order valence-corrected chi connectivity index (χ4v) is 3.31. The molecule has 0 saturated heterocycles. The summed E-state index contributed by atoms with van der Waals surface area (Å²) >= 11 is 6.33. The van der Waals surface area contributed by atoms with Crippen molar-refractivity contribution in [2.24, 2.45) is 17.6 Å². The summed E-state index contributed by atoms with van der Waals surface area (Å²) in [6, 6.07) is 0.217. The van der Waals surface area contributed by atoms with Crippen LogP contribution in [0.15, 0.2) is 0 Å². The highest BCUT2D eigenvalue weighted by Gasteiger charge is 2.28. The monoisotopic (exact) mass is 269 g/mol. The van der Waals surface area contributed by atoms with Crippen LogP contribution in [0, 0.1) is 18.8 Å². The number of hydrogen-bond donors (Lipinski definition) is 1. The highest BCUT2D eigenvalue weighted by molar-refractivity contribution is 6.31. The van der Waals surface area contributed by atoms with Crippen molar-refractivity contribution in [3.05, 3.63) is 16.4 Å². The Kier molecular flexibility index (Phi) is 4.33. The van der Waals surface area contributed by atoms with Gasteiger partial charge in [-0.2, -0.15) is 5.10 Å². The maximum absolute atomic E-state index is 6.38. The number of halogens is 1. The molecule has 1 heterocycles. The van der Waals surface area contributed by atoms with Crippen LogP contribution in [0.5, 0.6) is 0 Å². The Bertz CT molecular complexity index is 413. The number of aryl methyl sites for hydroxylation is 2. The van der Waals surface area contributed by atoms with Gasteiger partial charge in [0.2, 0.25) is 0 Å². The molecule has 2 rings (SSSR count). The average Bonchev–Trinajstić information content (AvgIpc) is 2.88. The molecular weight excluding hydrogens is 246 g/mol. The van der Waals surface area contributed by atoms with E-state index in [0.29, 0.717) is 5.92 Å². The van der Waals surface area contributed by atoms with Gasteiger partial charge in [-0.25, -0.2) is 0 Å². The summed E-state index contributed by atoms with van der Waals surface area (Å²) in [4.78, 5) is 0. The second-order valence-corrected chi connectivity index (χ2v) is 6.09. The van der Waals surface area contributed by atoms with E-state index in [4.69, 9.17) is 17.3 Å². The topological polar surface area (TPSA) is 43.8 Å². The van der Waals surface area contributed by atoms with Gasteiger partial charge in [-0.3, -0.25) is 4.68 Å². The molecule has 2 N–H and O–H groups in total. The molecule has 3 nitrogen and oxygen atoms in total. The van der Waals surface area contributed by atoms with Crippen LogP contribution in [0.3, 0.4) is 0 Å². The van der Waals surface area contributed by atoms with E-state index in [2.05, 4.69) is 18.9 Å². The smallest absolute Gasteiger partial charge is 0.0847 e. The zero-order chi connectivity index (χ0) is 13.3. The maximum atomic E-state index is 6.38. The molecule has 3 unspecified atom stereocenters. The van der Waals surface area contributed by atoms with Gasteiger partial charge in [-0.05, 0) is 38.5 Å². The van der Waals surface area contributed by atoms with Crippen molar-refractivity contribution in [2.75, 3.05) is 0 Å². The molecule has 0 spiro atoms. The highest BCUT2D eigenvalue weighted by atomic mass is 35.5. The maximum Gasteiger partial charge on any atom is 0.0847 e. The molecule has 0 aliphatic heterocycles. The predicted octanol–water partition coefficient (Wildman–Crippen LogP) is 3.17. The molecule has 1 aromatic rings. The van der Waals surface area contributed by atoms with Gasteiger partial charge >= 0.3 is 0 Å². The number of aromatic nitrogens is 2. The Hall–Kier alpha value is -0.540. The van der Waals surface area contributed by atoms with Gasteiger partial charge in [0.1, 0.15) is 0 Å². The summed E-state index contributed by atoms with van der Waals surface area (Å²) in [5.41, 5.74) is 8.41. The molecule has 1 saturated carbocycles. The molecule has 102 valence electrons. The van der Waals surface area contributed by atoms with E-state index in [1.165, 1.54) is 19.3 Å². The molecule has 1 aromatic heterocycles. The Labute approximate surface area is 115 Å². The molecule has 4 heteroatoms. The molecule has 1 fully saturated rings. The molecule has 0 aromatic carbocycles. The predicted molar refractivity (Wildman–Crippen MR) is 75.8 cm³/mol. The lowest BCUT2D eigenvalue weighted by Gasteiger charge is -2.19. The van der Waals surface area contributed by atoms with Crippen LogP contribution in [0.4, 0.5) is 0 Å². The van der Waals surface area contributed by atoms with E-state index in [9.17, 15) is 0 Å². The standard InChI is InChI=1S/C14H24ClN3/c1-4-18-13(14(15)10(3)17-18)8-12(16)11-6-5-9(2)7-11/h9,11-12H,4-8,16H2,1-3H3. The summed E-state index contributed by atoms with van der Waals surface area (Å²) < 4.78 is 2.00. The van der Waals surface area contributed by atoms with E-state index in [1.807, 2.05) is 11.6 Å². The summed E-state index contributed by atoms with van der Waals surface area (Å²) in [5, 5.41) is 5.26.